The van der Waals surface area contributed by atoms with Crippen molar-refractivity contribution in [2.75, 3.05) is 13.2 Å². The predicted octanol–water partition coefficient (Wildman–Crippen LogP) is 1.53. The van der Waals surface area contributed by atoms with Crippen molar-refractivity contribution in [3.63, 3.8) is 0 Å². The zero-order valence-corrected chi connectivity index (χ0v) is 6.15. The van der Waals surface area contributed by atoms with Crippen molar-refractivity contribution in [3.8, 4) is 0 Å². The molecule has 0 bridgehead atoms. The first-order chi connectivity index (χ1) is 5.02. The number of ether oxygens (including phenoxy) is 2. The van der Waals surface area contributed by atoms with Gasteiger partial charge in [0.25, 0.3) is 5.63 Å². The molecule has 0 unspecified atom stereocenters. The molecule has 1 aliphatic rings. The van der Waals surface area contributed by atoms with Crippen molar-refractivity contribution < 1.29 is 22.6 Å². The van der Waals surface area contributed by atoms with Gasteiger partial charge in [-0.2, -0.15) is 8.78 Å². The molecular weight excluding hydrogens is 184 g/mol. The summed E-state index contributed by atoms with van der Waals surface area (Å²) in [6.07, 6.45) is -4.23. The molecule has 0 saturated carbocycles. The molecule has 1 rings (SSSR count). The molecule has 6 heteroatoms. The summed E-state index contributed by atoms with van der Waals surface area (Å²) in [6, 6.07) is 0. The van der Waals surface area contributed by atoms with Gasteiger partial charge in [-0.15, -0.1) is 0 Å². The Morgan fingerprint density at radius 1 is 1.73 bits per heavy atom. The molecule has 1 saturated heterocycles. The summed E-state index contributed by atoms with van der Waals surface area (Å²) in [7, 11) is 0. The highest BCUT2D eigenvalue weighted by Crippen LogP contribution is 2.27. The fourth-order valence-corrected chi connectivity index (χ4v) is 0.494. The zero-order chi connectivity index (χ0) is 8.48. The largest absolute Gasteiger partial charge is 0.401 e. The van der Waals surface area contributed by atoms with Gasteiger partial charge in [-0.05, 0) is 0 Å². The van der Waals surface area contributed by atoms with Crippen molar-refractivity contribution >= 4 is 11.6 Å². The average molecular weight is 191 g/mol. The summed E-state index contributed by atoms with van der Waals surface area (Å²) in [5.41, 5.74) is -2.80. The lowest BCUT2D eigenvalue weighted by Gasteiger charge is -2.15. The molecule has 0 aromatic heterocycles. The fourth-order valence-electron chi connectivity index (χ4n) is 0.431. The number of halogens is 4. The van der Waals surface area contributed by atoms with Gasteiger partial charge in [-0.25, -0.2) is 4.39 Å². The second-order valence-corrected chi connectivity index (χ2v) is 2.51. The first kappa shape index (κ1) is 9.09. The van der Waals surface area contributed by atoms with Gasteiger partial charge in [0.1, 0.15) is 6.10 Å². The van der Waals surface area contributed by atoms with E-state index >= 15 is 0 Å². The van der Waals surface area contributed by atoms with Crippen LogP contribution in [0.4, 0.5) is 13.2 Å². The Hall–Kier alpha value is -0.0000000000000000416. The molecule has 0 aromatic carbocycles. The minimum atomic E-state index is -3.91. The third kappa shape index (κ3) is 2.84. The van der Waals surface area contributed by atoms with E-state index in [1.165, 1.54) is 0 Å². The molecule has 0 amide bonds. The van der Waals surface area contributed by atoms with Crippen LogP contribution in [0.2, 0.25) is 0 Å². The topological polar surface area (TPSA) is 21.8 Å². The van der Waals surface area contributed by atoms with Gasteiger partial charge in [0, 0.05) is 0 Å². The molecule has 0 aliphatic carbocycles. The van der Waals surface area contributed by atoms with Crippen LogP contribution in [0.3, 0.4) is 0 Å². The van der Waals surface area contributed by atoms with Gasteiger partial charge in [0.2, 0.25) is 0 Å². The van der Waals surface area contributed by atoms with E-state index in [1.54, 1.807) is 0 Å². The van der Waals surface area contributed by atoms with Gasteiger partial charge in [-0.1, -0.05) is 11.6 Å². The molecule has 0 aromatic rings. The summed E-state index contributed by atoms with van der Waals surface area (Å²) >= 11 is 4.49. The van der Waals surface area contributed by atoms with Crippen molar-refractivity contribution in [2.24, 2.45) is 0 Å². The standard InChI is InChI=1S/C5H6ClF3O2/c6-4(7)5(8,9)11-2-3-1-10-3/h3-4H,1-2H2/t3-,4-/m0/s1. The van der Waals surface area contributed by atoms with Crippen molar-refractivity contribution in [1.82, 2.24) is 0 Å². The molecule has 0 radical (unpaired) electrons. The van der Waals surface area contributed by atoms with Crippen molar-refractivity contribution in [1.29, 1.82) is 0 Å². The number of hydrogen-bond donors (Lipinski definition) is 0. The van der Waals surface area contributed by atoms with E-state index < -0.39 is 11.7 Å². The molecule has 0 spiro atoms. The zero-order valence-electron chi connectivity index (χ0n) is 5.40. The molecule has 11 heavy (non-hydrogen) atoms. The Morgan fingerprint density at radius 3 is 2.64 bits per heavy atom. The van der Waals surface area contributed by atoms with Crippen molar-refractivity contribution in [2.45, 2.75) is 17.8 Å². The maximum absolute atomic E-state index is 12.1. The molecular formula is C5H6ClF3O2. The molecule has 1 aliphatic heterocycles. The average Bonchev–Trinajstić information content (AvgIpc) is 2.65. The Balaban J connectivity index is 2.20. The smallest absolute Gasteiger partial charge is 0.371 e. The van der Waals surface area contributed by atoms with Gasteiger partial charge >= 0.3 is 6.11 Å². The first-order valence-electron chi connectivity index (χ1n) is 2.94. The third-order valence-corrected chi connectivity index (χ3v) is 1.37. The van der Waals surface area contributed by atoms with Crippen molar-refractivity contribution in [3.05, 3.63) is 0 Å². The molecule has 2 nitrogen and oxygen atoms in total. The minimum Gasteiger partial charge on any atom is -0.371 e. The normalized spacial score (nSPS) is 26.7. The highest BCUT2D eigenvalue weighted by molar-refractivity contribution is 6.20. The fraction of sp³-hybridized carbons (Fsp3) is 1.00. The van der Waals surface area contributed by atoms with Gasteiger partial charge in [0.15, 0.2) is 0 Å². The van der Waals surface area contributed by atoms with E-state index in [9.17, 15) is 13.2 Å². The SMILES string of the molecule is F[C@H](Cl)C(F)(F)OC[C@@H]1CO1. The molecule has 1 fully saturated rings. The Kier molecular flexibility index (Phi) is 2.61. The minimum absolute atomic E-state index is 0.319. The number of alkyl halides is 4. The number of rotatable bonds is 4. The van der Waals surface area contributed by atoms with Gasteiger partial charge < -0.3 is 9.47 Å². The lowest BCUT2D eigenvalue weighted by Crippen LogP contribution is -2.30. The van der Waals surface area contributed by atoms with Crippen LogP contribution >= 0.6 is 11.6 Å². The molecule has 66 valence electrons. The summed E-state index contributed by atoms with van der Waals surface area (Å²) in [6.45, 7) is 0.0649. The predicted molar refractivity (Wildman–Crippen MR) is 31.4 cm³/mol. The molecule has 2 atom stereocenters. The highest BCUT2D eigenvalue weighted by Gasteiger charge is 2.42. The highest BCUT2D eigenvalue weighted by atomic mass is 35.5. The van der Waals surface area contributed by atoms with E-state index in [-0.39, 0.29) is 12.7 Å². The number of epoxide rings is 1. The second kappa shape index (κ2) is 3.16. The Bertz CT molecular complexity index is 138. The van der Waals surface area contributed by atoms with Gasteiger partial charge in [0.05, 0.1) is 13.2 Å². The summed E-state index contributed by atoms with van der Waals surface area (Å²) < 4.78 is 44.5. The lowest BCUT2D eigenvalue weighted by atomic mass is 10.5. The van der Waals surface area contributed by atoms with Gasteiger partial charge in [-0.3, -0.25) is 0 Å². The Labute approximate surface area is 66.2 Å². The van der Waals surface area contributed by atoms with E-state index in [2.05, 4.69) is 21.1 Å². The van der Waals surface area contributed by atoms with Crippen LogP contribution in [0, 0.1) is 0 Å². The van der Waals surface area contributed by atoms with Crippen LogP contribution in [0.25, 0.3) is 0 Å². The van der Waals surface area contributed by atoms with Crippen LogP contribution in [0.15, 0.2) is 0 Å². The summed E-state index contributed by atoms with van der Waals surface area (Å²) in [5, 5.41) is 0. The van der Waals surface area contributed by atoms with Crippen LogP contribution < -0.4 is 0 Å². The van der Waals surface area contributed by atoms with Crippen LogP contribution in [-0.2, 0) is 9.47 Å². The van der Waals surface area contributed by atoms with E-state index in [1.807, 2.05) is 0 Å². The second-order valence-electron chi connectivity index (χ2n) is 2.13. The monoisotopic (exact) mass is 190 g/mol. The van der Waals surface area contributed by atoms with E-state index in [4.69, 9.17) is 0 Å². The third-order valence-electron chi connectivity index (χ3n) is 1.12. The quantitative estimate of drug-likeness (QED) is 0.495. The van der Waals surface area contributed by atoms with Crippen LogP contribution in [-0.4, -0.2) is 31.1 Å². The Morgan fingerprint density at radius 2 is 2.27 bits per heavy atom. The summed E-state index contributed by atoms with van der Waals surface area (Å²) in [4.78, 5) is 0. The molecule has 0 N–H and O–H groups in total. The summed E-state index contributed by atoms with van der Waals surface area (Å²) in [5.74, 6) is 0. The molecule has 1 heterocycles. The van der Waals surface area contributed by atoms with E-state index in [0.29, 0.717) is 6.61 Å². The number of hydrogen-bond acceptors (Lipinski definition) is 2. The lowest BCUT2D eigenvalue weighted by molar-refractivity contribution is -0.257. The van der Waals surface area contributed by atoms with E-state index in [0.717, 1.165) is 0 Å². The van der Waals surface area contributed by atoms with Crippen LogP contribution in [0.5, 0.6) is 0 Å². The van der Waals surface area contributed by atoms with Crippen LogP contribution in [0.1, 0.15) is 0 Å². The first-order valence-corrected chi connectivity index (χ1v) is 3.37. The maximum atomic E-state index is 12.1. The maximum Gasteiger partial charge on any atom is 0.401 e.